The summed E-state index contributed by atoms with van der Waals surface area (Å²) in [6, 6.07) is 0. The second-order valence-corrected chi connectivity index (χ2v) is 1.33. The van der Waals surface area contributed by atoms with E-state index >= 15 is 0 Å². The number of nitrogens with two attached hydrogens (primary N) is 2. The summed E-state index contributed by atoms with van der Waals surface area (Å²) in [5.41, 5.74) is 10.3. The van der Waals surface area contributed by atoms with Crippen LogP contribution in [0.2, 0.25) is 0 Å². The molecule has 0 saturated heterocycles. The third-order valence-corrected chi connectivity index (χ3v) is 0.642. The Morgan fingerprint density at radius 2 is 1.33 bits per heavy atom. The second kappa shape index (κ2) is 15.9. The molecular weight excluding hydrogens is 321 g/mol. The van der Waals surface area contributed by atoms with Crippen LogP contribution in [0.1, 0.15) is 0 Å². The Kier molecular flexibility index (Phi) is 29.1. The van der Waals surface area contributed by atoms with E-state index in [0.717, 1.165) is 13.1 Å². The summed E-state index contributed by atoms with van der Waals surface area (Å²) in [6.45, 7) is 3.13. The van der Waals surface area contributed by atoms with E-state index in [0.29, 0.717) is 13.1 Å². The molecule has 0 heterocycles. The van der Waals surface area contributed by atoms with Crippen LogP contribution in [0, 0.1) is 0 Å². The van der Waals surface area contributed by atoms with Gasteiger partial charge in [-0.05, 0) is 0 Å². The maximum atomic E-state index is 5.17. The van der Waals surface area contributed by atoms with Crippen molar-refractivity contribution >= 4 is 0 Å². The standard InChI is InChI=1S/C4H13N3.ClH.Pt/c5-1-3-7-4-2-6;;/h7H,1-6H2;1H;/q;;+2/p-1. The molecule has 3 nitrogen and oxygen atoms in total. The van der Waals surface area contributed by atoms with Gasteiger partial charge in [0.05, 0.1) is 0 Å². The van der Waals surface area contributed by atoms with Crippen molar-refractivity contribution in [2.45, 2.75) is 0 Å². The van der Waals surface area contributed by atoms with Gasteiger partial charge in [0.2, 0.25) is 0 Å². The van der Waals surface area contributed by atoms with Crippen molar-refractivity contribution in [2.75, 3.05) is 26.2 Å². The molecule has 0 aromatic heterocycles. The Morgan fingerprint density at radius 3 is 1.56 bits per heavy atom. The maximum Gasteiger partial charge on any atom is 2.00 e. The summed E-state index contributed by atoms with van der Waals surface area (Å²) in [6.07, 6.45) is 0. The van der Waals surface area contributed by atoms with Crippen LogP contribution in [-0.2, 0) is 21.1 Å². The molecule has 5 N–H and O–H groups in total. The molecule has 0 aliphatic heterocycles. The van der Waals surface area contributed by atoms with Crippen LogP contribution in [0.3, 0.4) is 0 Å². The maximum absolute atomic E-state index is 5.17. The van der Waals surface area contributed by atoms with Gasteiger partial charge in [-0.1, -0.05) is 0 Å². The van der Waals surface area contributed by atoms with Crippen molar-refractivity contribution in [2.24, 2.45) is 11.5 Å². The smallest absolute Gasteiger partial charge is 1.00 e. The fourth-order valence-corrected chi connectivity index (χ4v) is 0.329. The number of rotatable bonds is 4. The first kappa shape index (κ1) is 16.4. The first-order valence-corrected chi connectivity index (χ1v) is 2.52. The van der Waals surface area contributed by atoms with Crippen LogP contribution in [0.4, 0.5) is 0 Å². The van der Waals surface area contributed by atoms with E-state index in [1.807, 2.05) is 0 Å². The molecule has 0 aromatic rings. The zero-order valence-electron chi connectivity index (χ0n) is 5.18. The van der Waals surface area contributed by atoms with Crippen molar-refractivity contribution in [1.29, 1.82) is 0 Å². The van der Waals surface area contributed by atoms with Gasteiger partial charge in [-0.3, -0.25) is 0 Å². The van der Waals surface area contributed by atoms with Gasteiger partial charge in [-0.2, -0.15) is 0 Å². The molecule has 0 spiro atoms. The van der Waals surface area contributed by atoms with Crippen LogP contribution in [0.25, 0.3) is 0 Å². The molecule has 0 aromatic carbocycles. The first-order chi connectivity index (χ1) is 3.41. The fourth-order valence-electron chi connectivity index (χ4n) is 0.329. The van der Waals surface area contributed by atoms with E-state index in [9.17, 15) is 0 Å². The van der Waals surface area contributed by atoms with Gasteiger partial charge in [0.25, 0.3) is 0 Å². The Morgan fingerprint density at radius 1 is 1.00 bits per heavy atom. The minimum Gasteiger partial charge on any atom is -1.00 e. The predicted octanol–water partition coefficient (Wildman–Crippen LogP) is -4.51. The van der Waals surface area contributed by atoms with Crippen molar-refractivity contribution < 1.29 is 33.5 Å². The zero-order valence-corrected chi connectivity index (χ0v) is 8.21. The SMILES string of the molecule is NCCNCCN.[Cl-].[Pt+2]. The number of nitrogens with one attached hydrogen (secondary N) is 1. The Bertz CT molecular complexity index is 35.0. The van der Waals surface area contributed by atoms with E-state index < -0.39 is 0 Å². The number of halogens is 1. The van der Waals surface area contributed by atoms with Crippen LogP contribution in [0.15, 0.2) is 0 Å². The molecule has 60 valence electrons. The topological polar surface area (TPSA) is 64.1 Å². The molecule has 9 heavy (non-hydrogen) atoms. The monoisotopic (exact) mass is 333 g/mol. The quantitative estimate of drug-likeness (QED) is 0.455. The second-order valence-electron chi connectivity index (χ2n) is 1.33. The third-order valence-electron chi connectivity index (χ3n) is 0.642. The molecule has 0 aliphatic carbocycles. The average Bonchev–Trinajstić information content (AvgIpc) is 1.69. The fraction of sp³-hybridized carbons (Fsp3) is 1.00. The molecule has 0 amide bonds. The molecule has 5 heteroatoms. The minimum atomic E-state index is 0. The predicted molar refractivity (Wildman–Crippen MR) is 31.0 cm³/mol. The first-order valence-electron chi connectivity index (χ1n) is 2.52. The minimum absolute atomic E-state index is 0. The molecule has 0 rings (SSSR count). The molecule has 0 unspecified atom stereocenters. The van der Waals surface area contributed by atoms with Gasteiger partial charge >= 0.3 is 21.1 Å². The van der Waals surface area contributed by atoms with E-state index in [1.165, 1.54) is 0 Å². The van der Waals surface area contributed by atoms with Gasteiger partial charge in [0.15, 0.2) is 0 Å². The largest absolute Gasteiger partial charge is 2.00 e. The van der Waals surface area contributed by atoms with Crippen molar-refractivity contribution in [1.82, 2.24) is 5.32 Å². The molecule has 0 atom stereocenters. The van der Waals surface area contributed by atoms with Gasteiger partial charge < -0.3 is 29.2 Å². The summed E-state index contributed by atoms with van der Waals surface area (Å²) in [5.74, 6) is 0. The number of hydrogen-bond acceptors (Lipinski definition) is 3. The van der Waals surface area contributed by atoms with E-state index in [4.69, 9.17) is 11.5 Å². The molecule has 0 fully saturated rings. The van der Waals surface area contributed by atoms with E-state index in [2.05, 4.69) is 5.32 Å². The van der Waals surface area contributed by atoms with Crippen LogP contribution in [-0.4, -0.2) is 26.2 Å². The van der Waals surface area contributed by atoms with Crippen molar-refractivity contribution in [3.8, 4) is 0 Å². The molecular formula is C4H13ClN3Pt+. The molecule has 0 bridgehead atoms. The van der Waals surface area contributed by atoms with Crippen LogP contribution < -0.4 is 29.2 Å². The normalized spacial score (nSPS) is 7.33. The van der Waals surface area contributed by atoms with Crippen LogP contribution in [0.5, 0.6) is 0 Å². The molecule has 0 saturated carbocycles. The summed E-state index contributed by atoms with van der Waals surface area (Å²) < 4.78 is 0. The molecule has 0 radical (unpaired) electrons. The Balaban J connectivity index is -0.000000180. The number of hydrogen-bond donors (Lipinski definition) is 3. The van der Waals surface area contributed by atoms with Gasteiger partial charge in [0.1, 0.15) is 0 Å². The van der Waals surface area contributed by atoms with Crippen molar-refractivity contribution in [3.05, 3.63) is 0 Å². The van der Waals surface area contributed by atoms with E-state index in [1.54, 1.807) is 0 Å². The third kappa shape index (κ3) is 17.7. The van der Waals surface area contributed by atoms with Gasteiger partial charge in [-0.25, -0.2) is 0 Å². The Hall–Kier alpha value is 0.858. The summed E-state index contributed by atoms with van der Waals surface area (Å²) in [5, 5.41) is 3.03. The zero-order chi connectivity index (χ0) is 5.54. The Labute approximate surface area is 76.6 Å². The molecule has 0 aliphatic rings. The average molecular weight is 334 g/mol. The van der Waals surface area contributed by atoms with Crippen LogP contribution >= 0.6 is 0 Å². The summed E-state index contributed by atoms with van der Waals surface area (Å²) in [7, 11) is 0. The summed E-state index contributed by atoms with van der Waals surface area (Å²) >= 11 is 0. The summed E-state index contributed by atoms with van der Waals surface area (Å²) in [4.78, 5) is 0. The van der Waals surface area contributed by atoms with E-state index in [-0.39, 0.29) is 33.5 Å². The van der Waals surface area contributed by atoms with Crippen molar-refractivity contribution in [3.63, 3.8) is 0 Å². The van der Waals surface area contributed by atoms with Gasteiger partial charge in [-0.15, -0.1) is 0 Å². The van der Waals surface area contributed by atoms with Gasteiger partial charge in [0, 0.05) is 26.2 Å².